The van der Waals surface area contributed by atoms with E-state index in [0.717, 1.165) is 13.2 Å². The largest absolute Gasteiger partial charge is 0.418 e. The van der Waals surface area contributed by atoms with Crippen LogP contribution < -0.4 is 0 Å². The molecule has 0 spiro atoms. The Balaban J connectivity index is 3.07. The third-order valence-electron chi connectivity index (χ3n) is 1.88. The van der Waals surface area contributed by atoms with E-state index in [1.165, 1.54) is 18.2 Å². The zero-order chi connectivity index (χ0) is 11.5. The smallest absolute Gasteiger partial charge is 0.367 e. The van der Waals surface area contributed by atoms with Crippen LogP contribution in [0.4, 0.5) is 13.2 Å². The van der Waals surface area contributed by atoms with Crippen LogP contribution >= 0.6 is 0 Å². The van der Waals surface area contributed by atoms with Crippen molar-refractivity contribution in [2.24, 2.45) is 0 Å². The zero-order valence-electron chi connectivity index (χ0n) is 7.91. The Hall–Kier alpha value is -1.36. The number of hydrogen-bond donors (Lipinski definition) is 0. The Morgan fingerprint density at radius 1 is 1.40 bits per heavy atom. The van der Waals surface area contributed by atoms with Gasteiger partial charge in [-0.15, -0.1) is 0 Å². The summed E-state index contributed by atoms with van der Waals surface area (Å²) in [6.07, 6.45) is -5.97. The van der Waals surface area contributed by atoms with Crippen molar-refractivity contribution in [3.05, 3.63) is 35.4 Å². The third kappa shape index (κ3) is 2.79. The van der Waals surface area contributed by atoms with E-state index in [-0.39, 0.29) is 11.1 Å². The van der Waals surface area contributed by atoms with E-state index in [1.54, 1.807) is 0 Å². The van der Waals surface area contributed by atoms with Crippen molar-refractivity contribution in [1.82, 2.24) is 0 Å². The van der Waals surface area contributed by atoms with E-state index in [9.17, 15) is 18.0 Å². The predicted molar refractivity (Wildman–Crippen MR) is 47.6 cm³/mol. The van der Waals surface area contributed by atoms with E-state index in [1.807, 2.05) is 0 Å². The number of methoxy groups -OCH3 is 1. The van der Waals surface area contributed by atoms with Gasteiger partial charge in [-0.3, -0.25) is 4.79 Å². The molecule has 0 aromatic heterocycles. The first-order valence-corrected chi connectivity index (χ1v) is 4.13. The van der Waals surface area contributed by atoms with Crippen molar-refractivity contribution < 1.29 is 22.7 Å². The van der Waals surface area contributed by atoms with Crippen molar-refractivity contribution >= 4 is 6.29 Å². The van der Waals surface area contributed by atoms with Crippen molar-refractivity contribution in [3.63, 3.8) is 0 Å². The number of benzene rings is 1. The van der Waals surface area contributed by atoms with Gasteiger partial charge in [-0.25, -0.2) is 0 Å². The molecule has 0 fully saturated rings. The van der Waals surface area contributed by atoms with Crippen LogP contribution in [0.2, 0.25) is 0 Å². The predicted octanol–water partition coefficient (Wildman–Crippen LogP) is 2.75. The highest BCUT2D eigenvalue weighted by atomic mass is 19.4. The van der Waals surface area contributed by atoms with E-state index in [0.29, 0.717) is 6.29 Å². The fraction of sp³-hybridized carbons (Fsp3) is 0.300. The number of aldehydes is 1. The van der Waals surface area contributed by atoms with Gasteiger partial charge >= 0.3 is 6.18 Å². The normalized spacial score (nSPS) is 13.6. The molecule has 1 aromatic rings. The topological polar surface area (TPSA) is 26.3 Å². The summed E-state index contributed by atoms with van der Waals surface area (Å²) in [5.41, 5.74) is 0.119. The Morgan fingerprint density at radius 2 is 2.07 bits per heavy atom. The Bertz CT molecular complexity index is 347. The zero-order valence-corrected chi connectivity index (χ0v) is 7.91. The Labute approximate surface area is 84.7 Å². The lowest BCUT2D eigenvalue weighted by molar-refractivity contribution is -0.215. The first kappa shape index (κ1) is 11.7. The number of carbonyl (C=O) groups is 1. The van der Waals surface area contributed by atoms with Gasteiger partial charge in [0.15, 0.2) is 6.10 Å². The summed E-state index contributed by atoms with van der Waals surface area (Å²) in [6.45, 7) is 0. The van der Waals surface area contributed by atoms with Gasteiger partial charge in [0.05, 0.1) is 0 Å². The number of carbonyl (C=O) groups excluding carboxylic acids is 1. The molecule has 0 heterocycles. The number of hydrogen-bond acceptors (Lipinski definition) is 2. The van der Waals surface area contributed by atoms with Gasteiger partial charge in [0.1, 0.15) is 6.29 Å². The summed E-state index contributed by atoms with van der Waals surface area (Å²) < 4.78 is 41.6. The monoisotopic (exact) mass is 218 g/mol. The van der Waals surface area contributed by atoms with Crippen LogP contribution in [0.1, 0.15) is 22.0 Å². The molecule has 2 nitrogen and oxygen atoms in total. The van der Waals surface area contributed by atoms with Gasteiger partial charge in [0.25, 0.3) is 0 Å². The summed E-state index contributed by atoms with van der Waals surface area (Å²) in [5, 5.41) is 0. The summed E-state index contributed by atoms with van der Waals surface area (Å²) in [4.78, 5) is 10.4. The molecule has 0 aliphatic heterocycles. The maximum absolute atomic E-state index is 12.4. The average Bonchev–Trinajstić information content (AvgIpc) is 2.17. The highest BCUT2D eigenvalue weighted by molar-refractivity contribution is 5.74. The molecule has 1 unspecified atom stereocenters. The minimum absolute atomic E-state index is 0.0744. The van der Waals surface area contributed by atoms with Crippen LogP contribution in [0.5, 0.6) is 0 Å². The van der Waals surface area contributed by atoms with Crippen LogP contribution in [0.15, 0.2) is 24.3 Å². The van der Waals surface area contributed by atoms with Gasteiger partial charge in [-0.05, 0) is 11.6 Å². The van der Waals surface area contributed by atoms with Gasteiger partial charge in [0.2, 0.25) is 0 Å². The lowest BCUT2D eigenvalue weighted by atomic mass is 10.1. The maximum atomic E-state index is 12.4. The molecule has 5 heteroatoms. The fourth-order valence-electron chi connectivity index (χ4n) is 1.25. The lowest BCUT2D eigenvalue weighted by Gasteiger charge is -2.19. The maximum Gasteiger partial charge on any atom is 0.418 e. The second-order valence-corrected chi connectivity index (χ2v) is 2.95. The molecule has 0 aliphatic carbocycles. The first-order chi connectivity index (χ1) is 6.99. The van der Waals surface area contributed by atoms with Crippen molar-refractivity contribution in [2.45, 2.75) is 12.3 Å². The quantitative estimate of drug-likeness (QED) is 0.729. The molecule has 82 valence electrons. The van der Waals surface area contributed by atoms with E-state index in [4.69, 9.17) is 0 Å². The summed E-state index contributed by atoms with van der Waals surface area (Å²) >= 11 is 0. The van der Waals surface area contributed by atoms with Crippen LogP contribution in [-0.4, -0.2) is 19.6 Å². The molecule has 1 atom stereocenters. The van der Waals surface area contributed by atoms with Crippen LogP contribution in [0, 0.1) is 0 Å². The molecule has 0 saturated heterocycles. The molecule has 0 amide bonds. The number of ether oxygens (including phenoxy) is 1. The van der Waals surface area contributed by atoms with Crippen molar-refractivity contribution in [3.8, 4) is 0 Å². The van der Waals surface area contributed by atoms with Crippen LogP contribution in [0.25, 0.3) is 0 Å². The second kappa shape index (κ2) is 4.44. The van der Waals surface area contributed by atoms with E-state index in [2.05, 4.69) is 4.74 Å². The summed E-state index contributed by atoms with van der Waals surface area (Å²) in [6, 6.07) is 5.25. The minimum atomic E-state index is -4.48. The van der Waals surface area contributed by atoms with Gasteiger partial charge < -0.3 is 4.74 Å². The molecule has 0 N–H and O–H groups in total. The van der Waals surface area contributed by atoms with E-state index >= 15 is 0 Å². The molecular weight excluding hydrogens is 209 g/mol. The van der Waals surface area contributed by atoms with Crippen LogP contribution in [0.3, 0.4) is 0 Å². The third-order valence-corrected chi connectivity index (χ3v) is 1.88. The molecule has 0 radical (unpaired) electrons. The fourth-order valence-corrected chi connectivity index (χ4v) is 1.25. The Kier molecular flexibility index (Phi) is 3.47. The lowest BCUT2D eigenvalue weighted by Crippen LogP contribution is -2.22. The molecule has 0 saturated carbocycles. The molecule has 0 bridgehead atoms. The van der Waals surface area contributed by atoms with Crippen molar-refractivity contribution in [2.75, 3.05) is 7.11 Å². The standard InChI is InChI=1S/C10H9F3O2/c1-15-9(10(11,12)13)8-4-2-3-7(5-8)6-14/h2-6,9H,1H3. The van der Waals surface area contributed by atoms with Crippen molar-refractivity contribution in [1.29, 1.82) is 0 Å². The van der Waals surface area contributed by atoms with Gasteiger partial charge in [0, 0.05) is 12.7 Å². The summed E-state index contributed by atoms with van der Waals surface area (Å²) in [5.74, 6) is 0. The molecule has 15 heavy (non-hydrogen) atoms. The highest BCUT2D eigenvalue weighted by Crippen LogP contribution is 2.35. The molecular formula is C10H9F3O2. The summed E-state index contributed by atoms with van der Waals surface area (Å²) in [7, 11) is 0.978. The Morgan fingerprint density at radius 3 is 2.53 bits per heavy atom. The van der Waals surface area contributed by atoms with E-state index < -0.39 is 12.3 Å². The van der Waals surface area contributed by atoms with Gasteiger partial charge in [-0.1, -0.05) is 18.2 Å². The molecule has 0 aliphatic rings. The number of alkyl halides is 3. The SMILES string of the molecule is COC(c1cccc(C=O)c1)C(F)(F)F. The van der Waals surface area contributed by atoms with Crippen LogP contribution in [-0.2, 0) is 4.74 Å². The first-order valence-electron chi connectivity index (χ1n) is 4.13. The second-order valence-electron chi connectivity index (χ2n) is 2.95. The average molecular weight is 218 g/mol. The molecule has 1 rings (SSSR count). The number of rotatable bonds is 3. The minimum Gasteiger partial charge on any atom is -0.367 e. The van der Waals surface area contributed by atoms with Gasteiger partial charge in [-0.2, -0.15) is 13.2 Å². The number of halogens is 3. The highest BCUT2D eigenvalue weighted by Gasteiger charge is 2.41. The molecule has 1 aromatic carbocycles.